The number of rotatable bonds is 5. The molecule has 2 N–H and O–H groups in total. The van der Waals surface area contributed by atoms with Gasteiger partial charge in [0.15, 0.2) is 0 Å². The Balaban J connectivity index is 2.04. The molecule has 0 bridgehead atoms. The maximum Gasteiger partial charge on any atom is 0.222 e. The van der Waals surface area contributed by atoms with Crippen molar-refractivity contribution in [1.82, 2.24) is 9.97 Å². The van der Waals surface area contributed by atoms with Crippen LogP contribution < -0.4 is 10.2 Å². The van der Waals surface area contributed by atoms with Crippen LogP contribution in [-0.2, 0) is 0 Å². The van der Waals surface area contributed by atoms with Gasteiger partial charge in [-0.05, 0) is 6.07 Å². The minimum atomic E-state index is 0.384. The van der Waals surface area contributed by atoms with Gasteiger partial charge in [0.25, 0.3) is 0 Å². The van der Waals surface area contributed by atoms with Gasteiger partial charge in [0.05, 0.1) is 20.6 Å². The van der Waals surface area contributed by atoms with Crippen LogP contribution in [0.3, 0.4) is 0 Å². The summed E-state index contributed by atoms with van der Waals surface area (Å²) in [4.78, 5) is 9.72. The van der Waals surface area contributed by atoms with Crippen LogP contribution in [-0.4, -0.2) is 30.6 Å². The van der Waals surface area contributed by atoms with Crippen LogP contribution in [0, 0.1) is 0 Å². The van der Waals surface area contributed by atoms with E-state index in [0.717, 1.165) is 6.54 Å². The Hall–Kier alpha value is -1.94. The van der Waals surface area contributed by atoms with Crippen molar-refractivity contribution in [3.8, 4) is 0 Å². The summed E-state index contributed by atoms with van der Waals surface area (Å²) < 4.78 is 0. The van der Waals surface area contributed by atoms with E-state index in [4.69, 9.17) is 0 Å². The highest BCUT2D eigenvalue weighted by Gasteiger charge is 2.17. The molecule has 0 saturated heterocycles. The summed E-state index contributed by atoms with van der Waals surface area (Å²) in [6, 6.07) is 12.7. The molecule has 4 heteroatoms. The molecule has 0 aliphatic heterocycles. The second kappa shape index (κ2) is 6.12. The zero-order valence-corrected chi connectivity index (χ0v) is 10.8. The number of benzene rings is 1. The predicted molar refractivity (Wildman–Crippen MR) is 72.5 cm³/mol. The van der Waals surface area contributed by atoms with Gasteiger partial charge in [-0.2, -0.15) is 0 Å². The Kier molecular flexibility index (Phi) is 4.25. The molecule has 0 aliphatic rings. The van der Waals surface area contributed by atoms with Crippen molar-refractivity contribution in [2.75, 3.05) is 26.0 Å². The molecule has 1 atom stereocenters. The van der Waals surface area contributed by atoms with E-state index in [1.165, 1.54) is 10.5 Å². The molecular formula is C14H19N4+. The van der Waals surface area contributed by atoms with E-state index in [9.17, 15) is 0 Å². The molecule has 2 rings (SSSR count). The summed E-state index contributed by atoms with van der Waals surface area (Å²) in [5.74, 6) is 0.680. The molecule has 0 radical (unpaired) electrons. The molecule has 0 amide bonds. The number of nitrogens with one attached hydrogen (secondary N) is 2. The summed E-state index contributed by atoms with van der Waals surface area (Å²) in [5, 5.41) is 3.28. The zero-order chi connectivity index (χ0) is 12.8. The van der Waals surface area contributed by atoms with Gasteiger partial charge in [0.2, 0.25) is 5.95 Å². The molecule has 4 nitrogen and oxygen atoms in total. The third-order valence-electron chi connectivity index (χ3n) is 2.93. The maximum atomic E-state index is 4.17. The van der Waals surface area contributed by atoms with E-state index in [2.05, 4.69) is 53.6 Å². The third kappa shape index (κ3) is 3.28. The topological polar surface area (TPSA) is 42.2 Å². The van der Waals surface area contributed by atoms with Crippen molar-refractivity contribution in [3.63, 3.8) is 0 Å². The summed E-state index contributed by atoms with van der Waals surface area (Å²) in [6.07, 6.45) is 3.49. The largest absolute Gasteiger partial charge is 0.348 e. The lowest BCUT2D eigenvalue weighted by Crippen LogP contribution is -3.06. The molecule has 0 aliphatic carbocycles. The Labute approximate surface area is 108 Å². The molecule has 0 unspecified atom stereocenters. The number of nitrogens with zero attached hydrogens (tertiary/aromatic N) is 2. The summed E-state index contributed by atoms with van der Waals surface area (Å²) in [6.45, 7) is 0.816. The number of quaternary nitrogens is 1. The average molecular weight is 243 g/mol. The molecule has 2 aromatic rings. The lowest BCUT2D eigenvalue weighted by Gasteiger charge is -2.22. The van der Waals surface area contributed by atoms with Gasteiger partial charge in [-0.15, -0.1) is 0 Å². The molecule has 0 fully saturated rings. The Morgan fingerprint density at radius 3 is 2.33 bits per heavy atom. The monoisotopic (exact) mass is 243 g/mol. The molecular weight excluding hydrogens is 224 g/mol. The fourth-order valence-corrected chi connectivity index (χ4v) is 1.92. The SMILES string of the molecule is C[NH+](C)[C@@H](CNc1ncccn1)c1ccccc1. The lowest BCUT2D eigenvalue weighted by molar-refractivity contribution is -0.890. The van der Waals surface area contributed by atoms with Crippen LogP contribution in [0.1, 0.15) is 11.6 Å². The number of aromatic nitrogens is 2. The first-order chi connectivity index (χ1) is 8.77. The summed E-state index contributed by atoms with van der Waals surface area (Å²) in [5.41, 5.74) is 1.32. The van der Waals surface area contributed by atoms with Crippen molar-refractivity contribution >= 4 is 5.95 Å². The van der Waals surface area contributed by atoms with Crippen molar-refractivity contribution in [2.24, 2.45) is 0 Å². The minimum Gasteiger partial charge on any atom is -0.348 e. The highest BCUT2D eigenvalue weighted by atomic mass is 15.2. The molecule has 94 valence electrons. The predicted octanol–water partition coefficient (Wildman–Crippen LogP) is 0.774. The van der Waals surface area contributed by atoms with E-state index in [1.807, 2.05) is 12.1 Å². The van der Waals surface area contributed by atoms with Crippen LogP contribution >= 0.6 is 0 Å². The van der Waals surface area contributed by atoms with Crippen molar-refractivity contribution in [1.29, 1.82) is 0 Å². The Morgan fingerprint density at radius 1 is 1.06 bits per heavy atom. The fourth-order valence-electron chi connectivity index (χ4n) is 1.92. The van der Waals surface area contributed by atoms with E-state index in [-0.39, 0.29) is 0 Å². The second-order valence-corrected chi connectivity index (χ2v) is 4.49. The molecule has 18 heavy (non-hydrogen) atoms. The van der Waals surface area contributed by atoms with Gasteiger partial charge in [-0.3, -0.25) is 0 Å². The zero-order valence-electron chi connectivity index (χ0n) is 10.8. The Morgan fingerprint density at radius 2 is 1.72 bits per heavy atom. The number of anilines is 1. The fraction of sp³-hybridized carbons (Fsp3) is 0.286. The van der Waals surface area contributed by atoms with E-state index in [0.29, 0.717) is 12.0 Å². The second-order valence-electron chi connectivity index (χ2n) is 4.49. The van der Waals surface area contributed by atoms with Gasteiger partial charge >= 0.3 is 0 Å². The van der Waals surface area contributed by atoms with Gasteiger partial charge in [0, 0.05) is 18.0 Å². The number of hydrogen-bond donors (Lipinski definition) is 2. The van der Waals surface area contributed by atoms with Crippen LogP contribution in [0.5, 0.6) is 0 Å². The lowest BCUT2D eigenvalue weighted by atomic mass is 10.1. The summed E-state index contributed by atoms with van der Waals surface area (Å²) >= 11 is 0. The van der Waals surface area contributed by atoms with E-state index < -0.39 is 0 Å². The Bertz CT molecular complexity index is 456. The average Bonchev–Trinajstić information content (AvgIpc) is 2.41. The van der Waals surface area contributed by atoms with Crippen LogP contribution in [0.2, 0.25) is 0 Å². The highest BCUT2D eigenvalue weighted by Crippen LogP contribution is 2.09. The third-order valence-corrected chi connectivity index (χ3v) is 2.93. The van der Waals surface area contributed by atoms with Crippen LogP contribution in [0.15, 0.2) is 48.8 Å². The number of hydrogen-bond acceptors (Lipinski definition) is 3. The first-order valence-corrected chi connectivity index (χ1v) is 6.13. The minimum absolute atomic E-state index is 0.384. The molecule has 1 heterocycles. The van der Waals surface area contributed by atoms with Gasteiger partial charge < -0.3 is 10.2 Å². The van der Waals surface area contributed by atoms with Gasteiger partial charge in [-0.1, -0.05) is 30.3 Å². The van der Waals surface area contributed by atoms with Gasteiger partial charge in [-0.25, -0.2) is 9.97 Å². The van der Waals surface area contributed by atoms with Crippen molar-refractivity contribution in [3.05, 3.63) is 54.4 Å². The molecule has 0 spiro atoms. The standard InChI is InChI=1S/C14H18N4/c1-18(2)13(12-7-4-3-5-8-12)11-17-14-15-9-6-10-16-14/h3-10,13H,11H2,1-2H3,(H,15,16,17)/p+1/t13-/m0/s1. The highest BCUT2D eigenvalue weighted by molar-refractivity contribution is 5.25. The maximum absolute atomic E-state index is 4.17. The smallest absolute Gasteiger partial charge is 0.222 e. The van der Waals surface area contributed by atoms with Crippen LogP contribution in [0.4, 0.5) is 5.95 Å². The van der Waals surface area contributed by atoms with Crippen molar-refractivity contribution < 1.29 is 4.90 Å². The molecule has 1 aromatic carbocycles. The quantitative estimate of drug-likeness (QED) is 0.815. The van der Waals surface area contributed by atoms with Crippen molar-refractivity contribution in [2.45, 2.75) is 6.04 Å². The molecule has 0 saturated carbocycles. The van der Waals surface area contributed by atoms with E-state index >= 15 is 0 Å². The van der Waals surface area contributed by atoms with E-state index in [1.54, 1.807) is 12.4 Å². The normalized spacial score (nSPS) is 12.4. The molecule has 1 aromatic heterocycles. The number of likely N-dealkylation sites (N-methyl/N-ethyl adjacent to an activating group) is 1. The summed E-state index contributed by atoms with van der Waals surface area (Å²) in [7, 11) is 4.32. The first kappa shape index (κ1) is 12.5. The first-order valence-electron chi connectivity index (χ1n) is 6.13. The van der Waals surface area contributed by atoms with Gasteiger partial charge in [0.1, 0.15) is 6.04 Å². The van der Waals surface area contributed by atoms with Crippen LogP contribution in [0.25, 0.3) is 0 Å².